The number of H-pyrrole nitrogens is 1. The van der Waals surface area contributed by atoms with Crippen LogP contribution in [0.4, 0.5) is 5.69 Å². The van der Waals surface area contributed by atoms with Crippen LogP contribution in [0.3, 0.4) is 0 Å². The Hall–Kier alpha value is -1.85. The van der Waals surface area contributed by atoms with Crippen LogP contribution in [0.1, 0.15) is 11.1 Å². The third-order valence-corrected chi connectivity index (χ3v) is 3.67. The third-order valence-electron chi connectivity index (χ3n) is 3.21. The van der Waals surface area contributed by atoms with Crippen LogP contribution >= 0.6 is 15.9 Å². The van der Waals surface area contributed by atoms with Crippen LogP contribution in [0.15, 0.2) is 47.1 Å². The molecule has 0 aliphatic heterocycles. The van der Waals surface area contributed by atoms with Crippen molar-refractivity contribution < 1.29 is 5.11 Å². The van der Waals surface area contributed by atoms with Crippen LogP contribution in [-0.4, -0.2) is 15.3 Å². The monoisotopic (exact) mass is 331 g/mol. The van der Waals surface area contributed by atoms with Gasteiger partial charge in [-0.1, -0.05) is 40.2 Å². The fraction of sp³-hybridized carbons (Fsp3) is 0.133. The number of hydrogen-bond donors (Lipinski definition) is 3. The number of aromatic amines is 1. The standard InChI is InChI=1S/C15H14BrN3O/c16-12-5-14(13-8-18-19-15(13)6-12)17-7-10-1-3-11(9-20)4-2-10/h1-6,8,17,20H,7,9H2,(H,18,19). The molecule has 2 aromatic carbocycles. The summed E-state index contributed by atoms with van der Waals surface area (Å²) in [7, 11) is 0. The zero-order valence-corrected chi connectivity index (χ0v) is 12.3. The molecule has 3 aromatic rings. The molecular formula is C15H14BrN3O. The highest BCUT2D eigenvalue weighted by molar-refractivity contribution is 9.10. The van der Waals surface area contributed by atoms with Gasteiger partial charge in [-0.25, -0.2) is 0 Å². The normalized spacial score (nSPS) is 10.9. The van der Waals surface area contributed by atoms with E-state index in [9.17, 15) is 0 Å². The molecule has 102 valence electrons. The molecule has 3 rings (SSSR count). The van der Waals surface area contributed by atoms with Crippen molar-refractivity contribution >= 4 is 32.5 Å². The first-order valence-corrected chi connectivity index (χ1v) is 7.11. The van der Waals surface area contributed by atoms with Gasteiger partial charge in [0.2, 0.25) is 0 Å². The fourth-order valence-electron chi connectivity index (χ4n) is 2.12. The molecule has 0 bridgehead atoms. The molecule has 5 heteroatoms. The number of nitrogens with one attached hydrogen (secondary N) is 2. The lowest BCUT2D eigenvalue weighted by Crippen LogP contribution is -2.00. The van der Waals surface area contributed by atoms with Crippen molar-refractivity contribution in [3.63, 3.8) is 0 Å². The van der Waals surface area contributed by atoms with E-state index >= 15 is 0 Å². The van der Waals surface area contributed by atoms with Crippen LogP contribution in [-0.2, 0) is 13.2 Å². The average molecular weight is 332 g/mol. The van der Waals surface area contributed by atoms with Crippen molar-refractivity contribution in [3.05, 3.63) is 58.2 Å². The van der Waals surface area contributed by atoms with E-state index in [2.05, 4.69) is 31.4 Å². The second-order valence-electron chi connectivity index (χ2n) is 4.61. The predicted octanol–water partition coefficient (Wildman–Crippen LogP) is 3.43. The SMILES string of the molecule is OCc1ccc(CNc2cc(Br)cc3[nH]ncc23)cc1. The molecule has 0 unspecified atom stereocenters. The number of rotatable bonds is 4. The number of aliphatic hydroxyl groups is 1. The van der Waals surface area contributed by atoms with E-state index in [-0.39, 0.29) is 6.61 Å². The average Bonchev–Trinajstić information content (AvgIpc) is 2.93. The summed E-state index contributed by atoms with van der Waals surface area (Å²) in [5, 5.41) is 20.5. The summed E-state index contributed by atoms with van der Waals surface area (Å²) in [4.78, 5) is 0. The predicted molar refractivity (Wildman–Crippen MR) is 83.5 cm³/mol. The third kappa shape index (κ3) is 2.69. The summed E-state index contributed by atoms with van der Waals surface area (Å²) in [6.07, 6.45) is 1.82. The molecule has 0 saturated carbocycles. The van der Waals surface area contributed by atoms with Crippen LogP contribution in [0.25, 0.3) is 10.9 Å². The first-order chi connectivity index (χ1) is 9.76. The smallest absolute Gasteiger partial charge is 0.0682 e. The fourth-order valence-corrected chi connectivity index (χ4v) is 2.58. The number of aliphatic hydroxyl groups excluding tert-OH is 1. The van der Waals surface area contributed by atoms with Gasteiger partial charge in [0.05, 0.1) is 18.3 Å². The van der Waals surface area contributed by atoms with E-state index < -0.39 is 0 Å². The van der Waals surface area contributed by atoms with Crippen LogP contribution < -0.4 is 5.32 Å². The number of anilines is 1. The van der Waals surface area contributed by atoms with Crippen molar-refractivity contribution in [2.75, 3.05) is 5.32 Å². The topological polar surface area (TPSA) is 60.9 Å². The van der Waals surface area contributed by atoms with Gasteiger partial charge < -0.3 is 10.4 Å². The molecule has 0 amide bonds. The minimum absolute atomic E-state index is 0.0784. The second kappa shape index (κ2) is 5.64. The van der Waals surface area contributed by atoms with E-state index in [1.54, 1.807) is 0 Å². The Morgan fingerprint density at radius 1 is 1.15 bits per heavy atom. The summed E-state index contributed by atoms with van der Waals surface area (Å²) in [6, 6.07) is 12.0. The zero-order valence-electron chi connectivity index (χ0n) is 10.7. The molecule has 0 spiro atoms. The summed E-state index contributed by atoms with van der Waals surface area (Å²) in [5.41, 5.74) is 4.12. The van der Waals surface area contributed by atoms with Gasteiger partial charge in [-0.05, 0) is 23.3 Å². The van der Waals surface area contributed by atoms with E-state index in [1.165, 1.54) is 5.56 Å². The molecule has 0 radical (unpaired) electrons. The summed E-state index contributed by atoms with van der Waals surface area (Å²) < 4.78 is 1.01. The lowest BCUT2D eigenvalue weighted by atomic mass is 10.1. The van der Waals surface area contributed by atoms with Crippen molar-refractivity contribution in [2.45, 2.75) is 13.2 Å². The quantitative estimate of drug-likeness (QED) is 0.686. The van der Waals surface area contributed by atoms with Gasteiger partial charge in [-0.2, -0.15) is 5.10 Å². The number of halogens is 1. The molecule has 1 heterocycles. The molecule has 0 aliphatic carbocycles. The van der Waals surface area contributed by atoms with E-state index in [1.807, 2.05) is 42.6 Å². The van der Waals surface area contributed by atoms with Crippen molar-refractivity contribution in [3.8, 4) is 0 Å². The Bertz CT molecular complexity index is 722. The first kappa shape index (κ1) is 13.1. The van der Waals surface area contributed by atoms with Crippen LogP contribution in [0, 0.1) is 0 Å². The second-order valence-corrected chi connectivity index (χ2v) is 5.53. The van der Waals surface area contributed by atoms with Crippen molar-refractivity contribution in [1.29, 1.82) is 0 Å². The van der Waals surface area contributed by atoms with Gasteiger partial charge in [0.25, 0.3) is 0 Å². The van der Waals surface area contributed by atoms with Gasteiger partial charge in [0.1, 0.15) is 0 Å². The maximum Gasteiger partial charge on any atom is 0.0682 e. The highest BCUT2D eigenvalue weighted by Crippen LogP contribution is 2.27. The first-order valence-electron chi connectivity index (χ1n) is 6.31. The largest absolute Gasteiger partial charge is 0.392 e. The molecule has 20 heavy (non-hydrogen) atoms. The van der Waals surface area contributed by atoms with E-state index in [0.29, 0.717) is 0 Å². The summed E-state index contributed by atoms with van der Waals surface area (Å²) in [5.74, 6) is 0. The maximum atomic E-state index is 9.03. The Kier molecular flexibility index (Phi) is 3.71. The van der Waals surface area contributed by atoms with Crippen LogP contribution in [0.2, 0.25) is 0 Å². The lowest BCUT2D eigenvalue weighted by Gasteiger charge is -2.09. The highest BCUT2D eigenvalue weighted by atomic mass is 79.9. The minimum atomic E-state index is 0.0784. The molecule has 0 aliphatic rings. The summed E-state index contributed by atoms with van der Waals surface area (Å²) >= 11 is 3.50. The van der Waals surface area contributed by atoms with Gasteiger partial charge in [-0.3, -0.25) is 5.10 Å². The zero-order chi connectivity index (χ0) is 13.9. The van der Waals surface area contributed by atoms with E-state index in [4.69, 9.17) is 5.11 Å². The van der Waals surface area contributed by atoms with Gasteiger partial charge in [-0.15, -0.1) is 0 Å². The van der Waals surface area contributed by atoms with Gasteiger partial charge in [0.15, 0.2) is 0 Å². The molecule has 4 nitrogen and oxygen atoms in total. The Balaban J connectivity index is 1.80. The van der Waals surface area contributed by atoms with Crippen molar-refractivity contribution in [1.82, 2.24) is 10.2 Å². The number of fused-ring (bicyclic) bond motifs is 1. The molecule has 0 atom stereocenters. The Labute approximate surface area is 125 Å². The molecule has 0 fully saturated rings. The molecule has 1 aromatic heterocycles. The van der Waals surface area contributed by atoms with E-state index in [0.717, 1.165) is 33.2 Å². The maximum absolute atomic E-state index is 9.03. The lowest BCUT2D eigenvalue weighted by molar-refractivity contribution is 0.282. The van der Waals surface area contributed by atoms with Gasteiger partial charge >= 0.3 is 0 Å². The highest BCUT2D eigenvalue weighted by Gasteiger charge is 2.05. The Morgan fingerprint density at radius 3 is 2.65 bits per heavy atom. The molecular weight excluding hydrogens is 318 g/mol. The minimum Gasteiger partial charge on any atom is -0.392 e. The summed E-state index contributed by atoms with van der Waals surface area (Å²) in [6.45, 7) is 0.803. The number of benzene rings is 2. The number of nitrogens with zero attached hydrogens (tertiary/aromatic N) is 1. The molecule has 3 N–H and O–H groups in total. The Morgan fingerprint density at radius 2 is 1.90 bits per heavy atom. The number of hydrogen-bond acceptors (Lipinski definition) is 3. The van der Waals surface area contributed by atoms with Gasteiger partial charge in [0, 0.05) is 22.1 Å². The molecule has 0 saturated heterocycles. The number of aromatic nitrogens is 2. The van der Waals surface area contributed by atoms with Crippen LogP contribution in [0.5, 0.6) is 0 Å². The van der Waals surface area contributed by atoms with Crippen molar-refractivity contribution in [2.24, 2.45) is 0 Å².